The van der Waals surface area contributed by atoms with Gasteiger partial charge in [-0.15, -0.1) is 0 Å². The Morgan fingerprint density at radius 2 is 2.00 bits per heavy atom. The molecule has 2 fully saturated rings. The Balaban J connectivity index is 1.42. The molecule has 1 heterocycles. The van der Waals surface area contributed by atoms with Crippen molar-refractivity contribution in [2.75, 3.05) is 13.2 Å². The third kappa shape index (κ3) is 2.26. The zero-order valence-corrected chi connectivity index (χ0v) is 9.46. The third-order valence-corrected chi connectivity index (χ3v) is 3.45. The number of rotatable bonds is 3. The van der Waals surface area contributed by atoms with Crippen LogP contribution in [0.5, 0.6) is 0 Å². The van der Waals surface area contributed by atoms with Crippen molar-refractivity contribution in [3.63, 3.8) is 0 Å². The Morgan fingerprint density at radius 1 is 1.29 bits per heavy atom. The number of ether oxygens (including phenoxy) is 2. The molecule has 1 saturated carbocycles. The molecule has 1 saturated heterocycles. The predicted molar refractivity (Wildman–Crippen MR) is 61.3 cm³/mol. The number of carbonyl (C=O) groups is 1. The van der Waals surface area contributed by atoms with Crippen LogP contribution in [0.15, 0.2) is 30.3 Å². The van der Waals surface area contributed by atoms with E-state index in [9.17, 15) is 4.79 Å². The number of benzene rings is 1. The lowest BCUT2D eigenvalue weighted by atomic mass is 10.2. The summed E-state index contributed by atoms with van der Waals surface area (Å²) in [5, 5.41) is 2.88. The summed E-state index contributed by atoms with van der Waals surface area (Å²) in [5.41, 5.74) is 1.00. The maximum absolute atomic E-state index is 11.5. The second kappa shape index (κ2) is 4.37. The van der Waals surface area contributed by atoms with E-state index in [0.717, 1.165) is 18.8 Å². The summed E-state index contributed by atoms with van der Waals surface area (Å²) in [4.78, 5) is 11.5. The molecule has 1 aliphatic carbocycles. The minimum atomic E-state index is -0.326. The van der Waals surface area contributed by atoms with Crippen LogP contribution in [0.2, 0.25) is 0 Å². The van der Waals surface area contributed by atoms with E-state index in [2.05, 4.69) is 5.32 Å². The molecular formula is C13H15NO3. The maximum atomic E-state index is 11.5. The van der Waals surface area contributed by atoms with E-state index < -0.39 is 0 Å². The first-order valence-corrected chi connectivity index (χ1v) is 5.89. The molecule has 0 radical (unpaired) electrons. The Labute approximate surface area is 99.9 Å². The third-order valence-electron chi connectivity index (χ3n) is 3.45. The molecule has 1 N–H and O–H groups in total. The average molecular weight is 233 g/mol. The van der Waals surface area contributed by atoms with Crippen LogP contribution in [0.4, 0.5) is 4.79 Å². The minimum absolute atomic E-state index is 0.270. The first-order chi connectivity index (χ1) is 8.34. The van der Waals surface area contributed by atoms with Crippen molar-refractivity contribution < 1.29 is 14.3 Å². The van der Waals surface area contributed by atoms with Crippen molar-refractivity contribution in [1.82, 2.24) is 5.32 Å². The van der Waals surface area contributed by atoms with Gasteiger partial charge in [-0.1, -0.05) is 30.3 Å². The van der Waals surface area contributed by atoms with Crippen molar-refractivity contribution in [2.45, 2.75) is 12.6 Å². The predicted octanol–water partition coefficient (Wildman–Crippen LogP) is 1.56. The van der Waals surface area contributed by atoms with Crippen LogP contribution in [0, 0.1) is 11.8 Å². The fourth-order valence-corrected chi connectivity index (χ4v) is 2.35. The molecule has 0 spiro atoms. The fraction of sp³-hybridized carbons (Fsp3) is 0.462. The zero-order valence-electron chi connectivity index (χ0n) is 9.46. The van der Waals surface area contributed by atoms with E-state index in [1.54, 1.807) is 0 Å². The Morgan fingerprint density at radius 3 is 2.71 bits per heavy atom. The average Bonchev–Trinajstić information content (AvgIpc) is 2.79. The highest BCUT2D eigenvalue weighted by Crippen LogP contribution is 2.44. The Kier molecular flexibility index (Phi) is 2.73. The molecule has 0 bridgehead atoms. The van der Waals surface area contributed by atoms with E-state index in [-0.39, 0.29) is 12.1 Å². The van der Waals surface area contributed by atoms with Crippen LogP contribution in [0.1, 0.15) is 5.56 Å². The van der Waals surface area contributed by atoms with Crippen LogP contribution >= 0.6 is 0 Å². The Bertz CT molecular complexity index is 396. The van der Waals surface area contributed by atoms with Gasteiger partial charge in [0.25, 0.3) is 0 Å². The summed E-state index contributed by atoms with van der Waals surface area (Å²) < 4.78 is 10.4. The standard InChI is InChI=1S/C13H15NO3/c15-13(14-12-10-7-16-8-11(10)12)17-6-9-4-2-1-3-5-9/h1-5,10-12H,6-8H2,(H,14,15)/t10-,11+,12+. The van der Waals surface area contributed by atoms with Crippen molar-refractivity contribution in [1.29, 1.82) is 0 Å². The van der Waals surface area contributed by atoms with Crippen molar-refractivity contribution >= 4 is 6.09 Å². The lowest BCUT2D eigenvalue weighted by Crippen LogP contribution is -2.30. The molecular weight excluding hydrogens is 218 g/mol. The van der Waals surface area contributed by atoms with Gasteiger partial charge in [-0.2, -0.15) is 0 Å². The van der Waals surface area contributed by atoms with Crippen LogP contribution in [0.3, 0.4) is 0 Å². The lowest BCUT2D eigenvalue weighted by molar-refractivity contribution is 0.128. The highest BCUT2D eigenvalue weighted by atomic mass is 16.5. The monoisotopic (exact) mass is 233 g/mol. The summed E-state index contributed by atoms with van der Waals surface area (Å²) >= 11 is 0. The van der Waals surface area contributed by atoms with E-state index in [1.165, 1.54) is 0 Å². The number of hydrogen-bond acceptors (Lipinski definition) is 3. The molecule has 3 atom stereocenters. The van der Waals surface area contributed by atoms with Crippen LogP contribution in [-0.2, 0) is 16.1 Å². The van der Waals surface area contributed by atoms with Crippen LogP contribution < -0.4 is 5.32 Å². The van der Waals surface area contributed by atoms with Crippen LogP contribution in [0.25, 0.3) is 0 Å². The number of alkyl carbamates (subject to hydrolysis) is 1. The topological polar surface area (TPSA) is 47.6 Å². The van der Waals surface area contributed by atoms with Gasteiger partial charge in [0.05, 0.1) is 13.2 Å². The summed E-state index contributed by atoms with van der Waals surface area (Å²) in [6.45, 7) is 1.87. The minimum Gasteiger partial charge on any atom is -0.445 e. The van der Waals surface area contributed by atoms with E-state index in [4.69, 9.17) is 9.47 Å². The molecule has 0 aromatic heterocycles. The summed E-state index contributed by atoms with van der Waals surface area (Å²) in [6, 6.07) is 9.94. The summed E-state index contributed by atoms with van der Waals surface area (Å²) in [5.74, 6) is 1.03. The van der Waals surface area contributed by atoms with Gasteiger partial charge < -0.3 is 14.8 Å². The van der Waals surface area contributed by atoms with Gasteiger partial charge in [-0.25, -0.2) is 4.79 Å². The Hall–Kier alpha value is -1.55. The summed E-state index contributed by atoms with van der Waals surface area (Å²) in [7, 11) is 0. The van der Waals surface area contributed by atoms with E-state index in [0.29, 0.717) is 18.4 Å². The van der Waals surface area contributed by atoms with E-state index >= 15 is 0 Å². The van der Waals surface area contributed by atoms with Crippen LogP contribution in [-0.4, -0.2) is 25.3 Å². The number of carbonyl (C=O) groups excluding carboxylic acids is 1. The van der Waals surface area contributed by atoms with Crippen molar-refractivity contribution in [3.05, 3.63) is 35.9 Å². The normalized spacial score (nSPS) is 29.5. The maximum Gasteiger partial charge on any atom is 0.407 e. The highest BCUT2D eigenvalue weighted by molar-refractivity contribution is 5.68. The second-order valence-corrected chi connectivity index (χ2v) is 4.60. The van der Waals surface area contributed by atoms with Gasteiger partial charge in [0.15, 0.2) is 0 Å². The molecule has 3 rings (SSSR count). The first-order valence-electron chi connectivity index (χ1n) is 5.89. The number of fused-ring (bicyclic) bond motifs is 1. The molecule has 1 aliphatic heterocycles. The SMILES string of the molecule is O=C(N[C@H]1[C@@H]2COC[C@@H]21)OCc1ccccc1. The molecule has 1 amide bonds. The van der Waals surface area contributed by atoms with E-state index in [1.807, 2.05) is 30.3 Å². The second-order valence-electron chi connectivity index (χ2n) is 4.60. The van der Waals surface area contributed by atoms with Gasteiger partial charge in [0.1, 0.15) is 6.61 Å². The smallest absolute Gasteiger partial charge is 0.407 e. The molecule has 17 heavy (non-hydrogen) atoms. The quantitative estimate of drug-likeness (QED) is 0.861. The van der Waals surface area contributed by atoms with Gasteiger partial charge in [-0.3, -0.25) is 0 Å². The first kappa shape index (κ1) is 10.6. The van der Waals surface area contributed by atoms with Gasteiger partial charge >= 0.3 is 6.09 Å². The number of nitrogens with one attached hydrogen (secondary N) is 1. The van der Waals surface area contributed by atoms with Gasteiger partial charge in [0.2, 0.25) is 0 Å². The fourth-order valence-electron chi connectivity index (χ4n) is 2.35. The molecule has 1 aromatic carbocycles. The molecule has 4 nitrogen and oxygen atoms in total. The largest absolute Gasteiger partial charge is 0.445 e. The van der Waals surface area contributed by atoms with Gasteiger partial charge in [-0.05, 0) is 5.56 Å². The van der Waals surface area contributed by atoms with Crippen molar-refractivity contribution in [2.24, 2.45) is 11.8 Å². The molecule has 2 aliphatic rings. The van der Waals surface area contributed by atoms with Crippen molar-refractivity contribution in [3.8, 4) is 0 Å². The zero-order chi connectivity index (χ0) is 11.7. The molecule has 0 unspecified atom stereocenters. The molecule has 90 valence electrons. The molecule has 1 aromatic rings. The number of hydrogen-bond donors (Lipinski definition) is 1. The highest BCUT2D eigenvalue weighted by Gasteiger charge is 2.55. The van der Waals surface area contributed by atoms with Gasteiger partial charge in [0, 0.05) is 17.9 Å². The molecule has 4 heteroatoms. The lowest BCUT2D eigenvalue weighted by Gasteiger charge is -2.08. The summed E-state index contributed by atoms with van der Waals surface area (Å²) in [6.07, 6.45) is -0.326. The number of amides is 1.